The molecule has 0 radical (unpaired) electrons. The number of thiazole rings is 1. The summed E-state index contributed by atoms with van der Waals surface area (Å²) in [6.45, 7) is 5.13. The molecule has 0 bridgehead atoms. The Balaban J connectivity index is 1.35. The molecule has 6 nitrogen and oxygen atoms in total. The average Bonchev–Trinajstić information content (AvgIpc) is 3.44. The summed E-state index contributed by atoms with van der Waals surface area (Å²) in [4.78, 5) is 14.5. The average molecular weight is 447 g/mol. The van der Waals surface area contributed by atoms with Gasteiger partial charge >= 0.3 is 0 Å². The van der Waals surface area contributed by atoms with E-state index >= 15 is 0 Å². The summed E-state index contributed by atoms with van der Waals surface area (Å²) in [6.07, 6.45) is 3.03. The number of aromatic amines is 1. The molecule has 1 atom stereocenters. The van der Waals surface area contributed by atoms with Crippen molar-refractivity contribution >= 4 is 27.4 Å². The van der Waals surface area contributed by atoms with Crippen LogP contribution in [0.15, 0.2) is 54.7 Å². The van der Waals surface area contributed by atoms with Gasteiger partial charge in [-0.25, -0.2) is 4.98 Å². The number of fused-ring (bicyclic) bond motifs is 3. The van der Waals surface area contributed by atoms with E-state index in [9.17, 15) is 5.11 Å². The van der Waals surface area contributed by atoms with Gasteiger partial charge in [-0.05, 0) is 35.7 Å². The van der Waals surface area contributed by atoms with Crippen molar-refractivity contribution in [1.29, 1.82) is 0 Å². The van der Waals surface area contributed by atoms with Crippen molar-refractivity contribution in [3.8, 4) is 5.75 Å². The molecule has 6 rings (SSSR count). The zero-order chi connectivity index (χ0) is 21.5. The molecule has 2 N–H and O–H groups in total. The number of benzene rings is 2. The fraction of sp³-hybridized carbons (Fsp3) is 0.320. The second kappa shape index (κ2) is 8.24. The third-order valence-electron chi connectivity index (χ3n) is 6.50. The van der Waals surface area contributed by atoms with Crippen molar-refractivity contribution in [2.45, 2.75) is 19.0 Å². The molecule has 2 aromatic carbocycles. The molecule has 1 unspecified atom stereocenters. The first kappa shape index (κ1) is 19.8. The highest BCUT2D eigenvalue weighted by molar-refractivity contribution is 7.15. The molecule has 2 aliphatic rings. The van der Waals surface area contributed by atoms with Crippen LogP contribution >= 0.6 is 11.3 Å². The van der Waals surface area contributed by atoms with Gasteiger partial charge in [0.2, 0.25) is 0 Å². The van der Waals surface area contributed by atoms with Crippen LogP contribution in [0.4, 0.5) is 5.13 Å². The van der Waals surface area contributed by atoms with Crippen LogP contribution < -0.4 is 4.90 Å². The van der Waals surface area contributed by atoms with Crippen LogP contribution in [0.25, 0.3) is 10.9 Å². The minimum atomic E-state index is 0.0622. The molecule has 164 valence electrons. The number of nitrogens with zero attached hydrogens (tertiary/aromatic N) is 3. The quantitative estimate of drug-likeness (QED) is 0.489. The molecule has 0 amide bonds. The van der Waals surface area contributed by atoms with Gasteiger partial charge in [-0.2, -0.15) is 0 Å². The number of morpholine rings is 1. The topological polar surface area (TPSA) is 64.6 Å². The van der Waals surface area contributed by atoms with Crippen LogP contribution in [0.3, 0.4) is 0 Å². The van der Waals surface area contributed by atoms with Crippen molar-refractivity contribution in [3.63, 3.8) is 0 Å². The van der Waals surface area contributed by atoms with E-state index < -0.39 is 0 Å². The second-order valence-corrected chi connectivity index (χ2v) is 9.58. The van der Waals surface area contributed by atoms with E-state index in [0.717, 1.165) is 56.5 Å². The maximum Gasteiger partial charge on any atom is 0.185 e. The number of ether oxygens (including phenoxy) is 1. The molecule has 0 saturated carbocycles. The normalized spacial score (nSPS) is 19.4. The van der Waals surface area contributed by atoms with Gasteiger partial charge < -0.3 is 19.7 Å². The molecule has 32 heavy (non-hydrogen) atoms. The molecule has 1 saturated heterocycles. The highest BCUT2D eigenvalue weighted by atomic mass is 32.1. The number of para-hydroxylation sites is 1. The van der Waals surface area contributed by atoms with Crippen molar-refractivity contribution in [3.05, 3.63) is 76.4 Å². The van der Waals surface area contributed by atoms with Crippen LogP contribution in [0.2, 0.25) is 0 Å². The molecule has 4 heterocycles. The largest absolute Gasteiger partial charge is 0.508 e. The number of H-pyrrole nitrogens is 1. The second-order valence-electron chi connectivity index (χ2n) is 8.49. The third kappa shape index (κ3) is 3.56. The van der Waals surface area contributed by atoms with Gasteiger partial charge in [0.1, 0.15) is 5.75 Å². The first-order chi connectivity index (χ1) is 15.8. The van der Waals surface area contributed by atoms with E-state index in [1.807, 2.05) is 18.3 Å². The maximum atomic E-state index is 10.2. The number of aromatic nitrogens is 2. The summed E-state index contributed by atoms with van der Waals surface area (Å²) >= 11 is 1.78. The number of anilines is 1. The first-order valence-electron chi connectivity index (χ1n) is 11.2. The molecular weight excluding hydrogens is 420 g/mol. The lowest BCUT2D eigenvalue weighted by Crippen LogP contribution is -2.36. The molecule has 4 aromatic rings. The molecule has 0 spiro atoms. The van der Waals surface area contributed by atoms with Gasteiger partial charge in [0.25, 0.3) is 0 Å². The number of rotatable bonds is 4. The van der Waals surface area contributed by atoms with E-state index in [-0.39, 0.29) is 6.04 Å². The van der Waals surface area contributed by atoms with Crippen molar-refractivity contribution in [2.24, 2.45) is 0 Å². The smallest absolute Gasteiger partial charge is 0.185 e. The predicted octanol–water partition coefficient (Wildman–Crippen LogP) is 4.31. The number of phenolic OH excluding ortho intramolecular Hbond substituents is 1. The molecule has 2 aromatic heterocycles. The van der Waals surface area contributed by atoms with Crippen LogP contribution in [-0.4, -0.2) is 52.8 Å². The van der Waals surface area contributed by atoms with Crippen LogP contribution in [-0.2, 0) is 17.7 Å². The highest BCUT2D eigenvalue weighted by Crippen LogP contribution is 2.40. The lowest BCUT2D eigenvalue weighted by atomic mass is 9.92. The lowest BCUT2D eigenvalue weighted by Gasteiger charge is -2.36. The minimum Gasteiger partial charge on any atom is -0.508 e. The Kier molecular flexibility index (Phi) is 5.09. The number of hydrogen-bond donors (Lipinski definition) is 2. The Morgan fingerprint density at radius 2 is 1.97 bits per heavy atom. The van der Waals surface area contributed by atoms with Crippen LogP contribution in [0.5, 0.6) is 5.75 Å². The molecule has 7 heteroatoms. The number of aromatic hydroxyl groups is 1. The molecule has 0 aliphatic carbocycles. The van der Waals surface area contributed by atoms with Crippen LogP contribution in [0.1, 0.15) is 27.7 Å². The number of nitrogens with one attached hydrogen (secondary N) is 1. The van der Waals surface area contributed by atoms with Crippen LogP contribution in [0, 0.1) is 0 Å². The zero-order valence-electron chi connectivity index (χ0n) is 17.8. The summed E-state index contributed by atoms with van der Waals surface area (Å²) in [7, 11) is 0. The SMILES string of the molecule is Oc1cccc(C2c3[nH]c4ccccc4c3CCN2Cc2cnc(N3CCOCC3)s2)c1. The molecular formula is C25H26N4O2S. The lowest BCUT2D eigenvalue weighted by molar-refractivity contribution is 0.122. The maximum absolute atomic E-state index is 10.2. The Labute approximate surface area is 191 Å². The monoisotopic (exact) mass is 446 g/mol. The van der Waals surface area contributed by atoms with Gasteiger partial charge in [0.05, 0.1) is 19.3 Å². The summed E-state index contributed by atoms with van der Waals surface area (Å²) in [5.41, 5.74) is 4.91. The van der Waals surface area contributed by atoms with E-state index in [2.05, 4.69) is 45.1 Å². The summed E-state index contributed by atoms with van der Waals surface area (Å²) in [6, 6.07) is 16.3. The Morgan fingerprint density at radius 3 is 2.84 bits per heavy atom. The van der Waals surface area contributed by atoms with Crippen molar-refractivity contribution in [2.75, 3.05) is 37.7 Å². The number of hydrogen-bond acceptors (Lipinski definition) is 6. The Bertz CT molecular complexity index is 1240. The summed E-state index contributed by atoms with van der Waals surface area (Å²) in [5, 5.41) is 12.6. The van der Waals surface area contributed by atoms with Gasteiger partial charge in [-0.3, -0.25) is 4.90 Å². The van der Waals surface area contributed by atoms with E-state index in [1.54, 1.807) is 17.4 Å². The van der Waals surface area contributed by atoms with E-state index in [4.69, 9.17) is 9.72 Å². The molecule has 2 aliphatic heterocycles. The standard InChI is InChI=1S/C25H26N4O2S/c30-18-5-3-4-17(14-18)24-23-21(20-6-1-2-7-22(20)27-23)8-9-29(24)16-19-15-26-25(32-19)28-10-12-31-13-11-28/h1-7,14-15,24,27,30H,8-13,16H2. The zero-order valence-corrected chi connectivity index (χ0v) is 18.6. The molecule has 1 fully saturated rings. The summed E-state index contributed by atoms with van der Waals surface area (Å²) in [5.74, 6) is 0.304. The van der Waals surface area contributed by atoms with E-state index in [1.165, 1.54) is 27.0 Å². The van der Waals surface area contributed by atoms with Gasteiger partial charge in [0.15, 0.2) is 5.13 Å². The van der Waals surface area contributed by atoms with Gasteiger partial charge in [-0.15, -0.1) is 11.3 Å². The van der Waals surface area contributed by atoms with Crippen molar-refractivity contribution in [1.82, 2.24) is 14.9 Å². The summed E-state index contributed by atoms with van der Waals surface area (Å²) < 4.78 is 5.48. The fourth-order valence-electron chi connectivity index (χ4n) is 5.00. The van der Waals surface area contributed by atoms with Gasteiger partial charge in [-0.1, -0.05) is 30.3 Å². The number of phenols is 1. The Morgan fingerprint density at radius 1 is 1.09 bits per heavy atom. The highest BCUT2D eigenvalue weighted by Gasteiger charge is 2.32. The van der Waals surface area contributed by atoms with Crippen molar-refractivity contribution < 1.29 is 9.84 Å². The minimum absolute atomic E-state index is 0.0622. The van der Waals surface area contributed by atoms with E-state index in [0.29, 0.717) is 5.75 Å². The van der Waals surface area contributed by atoms with Gasteiger partial charge in [0, 0.05) is 53.8 Å². The fourth-order valence-corrected chi connectivity index (χ4v) is 5.99. The Hall–Kier alpha value is -2.87. The predicted molar refractivity (Wildman–Crippen MR) is 128 cm³/mol. The first-order valence-corrected chi connectivity index (χ1v) is 12.0. The third-order valence-corrected chi connectivity index (χ3v) is 7.54.